The molecular weight excluding hydrogens is 388 g/mol. The van der Waals surface area contributed by atoms with Crippen molar-refractivity contribution in [3.05, 3.63) is 81.6 Å². The summed E-state index contributed by atoms with van der Waals surface area (Å²) in [5, 5.41) is 12.4. The summed E-state index contributed by atoms with van der Waals surface area (Å²) in [5.74, 6) is -0.459. The number of furan rings is 1. The number of amides is 1. The fourth-order valence-corrected chi connectivity index (χ4v) is 4.10. The van der Waals surface area contributed by atoms with E-state index in [2.05, 4.69) is 0 Å². The van der Waals surface area contributed by atoms with Crippen molar-refractivity contribution in [2.75, 3.05) is 23.9 Å². The zero-order valence-corrected chi connectivity index (χ0v) is 17.1. The molecule has 0 saturated heterocycles. The Balaban J connectivity index is 1.83. The fraction of sp³-hybridized carbons (Fsp3) is 0.182. The fourth-order valence-electron chi connectivity index (χ4n) is 3.42. The molecule has 3 aromatic rings. The number of aliphatic hydroxyl groups is 1. The summed E-state index contributed by atoms with van der Waals surface area (Å²) in [4.78, 5) is 30.0. The van der Waals surface area contributed by atoms with Gasteiger partial charge in [-0.1, -0.05) is 6.07 Å². The van der Waals surface area contributed by atoms with Crippen molar-refractivity contribution in [3.8, 4) is 0 Å². The van der Waals surface area contributed by atoms with Gasteiger partial charge >= 0.3 is 0 Å². The standard InChI is InChI=1S/C22H20N2O4S/c1-13-6-11-16(28-13)19-18(20(25)17-5-4-12-29-17)21(26)22(27)24(19)15-9-7-14(8-10-15)23(2)3/h4-12,19,26H,1-3H3. The predicted octanol–water partition coefficient (Wildman–Crippen LogP) is 4.50. The summed E-state index contributed by atoms with van der Waals surface area (Å²) in [6, 6.07) is 13.4. The molecule has 0 fully saturated rings. The lowest BCUT2D eigenvalue weighted by atomic mass is 10.00. The van der Waals surface area contributed by atoms with Gasteiger partial charge in [0.2, 0.25) is 5.78 Å². The van der Waals surface area contributed by atoms with Gasteiger partial charge in [0.05, 0.1) is 10.5 Å². The van der Waals surface area contributed by atoms with E-state index in [0.29, 0.717) is 22.1 Å². The molecule has 29 heavy (non-hydrogen) atoms. The summed E-state index contributed by atoms with van der Waals surface area (Å²) in [6.45, 7) is 1.79. The first-order valence-electron chi connectivity index (χ1n) is 9.07. The third kappa shape index (κ3) is 3.23. The van der Waals surface area contributed by atoms with Gasteiger partial charge in [0, 0.05) is 25.5 Å². The molecule has 3 heterocycles. The number of carbonyl (C=O) groups is 2. The summed E-state index contributed by atoms with van der Waals surface area (Å²) in [7, 11) is 3.85. The Morgan fingerprint density at radius 3 is 2.41 bits per heavy atom. The van der Waals surface area contributed by atoms with Crippen LogP contribution in [0.3, 0.4) is 0 Å². The molecule has 1 amide bonds. The van der Waals surface area contributed by atoms with Crippen LogP contribution in [0.25, 0.3) is 0 Å². The minimum atomic E-state index is -0.837. The Labute approximate surface area is 172 Å². The number of aliphatic hydroxyl groups excluding tert-OH is 1. The van der Waals surface area contributed by atoms with Crippen LogP contribution >= 0.6 is 11.3 Å². The van der Waals surface area contributed by atoms with Gasteiger partial charge in [-0.3, -0.25) is 14.5 Å². The molecule has 1 aliphatic rings. The topological polar surface area (TPSA) is 74.0 Å². The number of anilines is 2. The van der Waals surface area contributed by atoms with Crippen LogP contribution in [0.5, 0.6) is 0 Å². The lowest BCUT2D eigenvalue weighted by Crippen LogP contribution is -2.30. The van der Waals surface area contributed by atoms with Gasteiger partial charge in [-0.15, -0.1) is 11.3 Å². The third-order valence-corrected chi connectivity index (χ3v) is 5.74. The first-order chi connectivity index (χ1) is 13.9. The Kier molecular flexibility index (Phi) is 4.76. The predicted molar refractivity (Wildman–Crippen MR) is 113 cm³/mol. The van der Waals surface area contributed by atoms with Crippen LogP contribution in [0.15, 0.2) is 69.7 Å². The largest absolute Gasteiger partial charge is 0.503 e. The van der Waals surface area contributed by atoms with E-state index in [4.69, 9.17) is 4.42 Å². The number of thiophene rings is 1. The molecule has 4 rings (SSSR count). The van der Waals surface area contributed by atoms with E-state index in [1.54, 1.807) is 48.7 Å². The van der Waals surface area contributed by atoms with E-state index in [-0.39, 0.29) is 11.4 Å². The van der Waals surface area contributed by atoms with E-state index < -0.39 is 17.7 Å². The van der Waals surface area contributed by atoms with Crippen LogP contribution in [0, 0.1) is 6.92 Å². The zero-order chi connectivity index (χ0) is 20.7. The highest BCUT2D eigenvalue weighted by Gasteiger charge is 2.46. The summed E-state index contributed by atoms with van der Waals surface area (Å²) >= 11 is 1.27. The quantitative estimate of drug-likeness (QED) is 0.629. The van der Waals surface area contributed by atoms with Gasteiger partial charge in [-0.2, -0.15) is 0 Å². The maximum atomic E-state index is 13.1. The number of aryl methyl sites for hydroxylation is 1. The number of ketones is 1. The van der Waals surface area contributed by atoms with E-state index in [0.717, 1.165) is 5.69 Å². The monoisotopic (exact) mass is 408 g/mol. The molecular formula is C22H20N2O4S. The van der Waals surface area contributed by atoms with E-state index in [9.17, 15) is 14.7 Å². The minimum Gasteiger partial charge on any atom is -0.503 e. The first-order valence-corrected chi connectivity index (χ1v) is 9.95. The third-order valence-electron chi connectivity index (χ3n) is 4.87. The molecule has 0 radical (unpaired) electrons. The first kappa shape index (κ1) is 19.0. The highest BCUT2D eigenvalue weighted by molar-refractivity contribution is 7.12. The van der Waals surface area contributed by atoms with Crippen molar-refractivity contribution in [2.45, 2.75) is 13.0 Å². The van der Waals surface area contributed by atoms with E-state index in [1.165, 1.54) is 16.2 Å². The Morgan fingerprint density at radius 2 is 1.86 bits per heavy atom. The summed E-state index contributed by atoms with van der Waals surface area (Å²) in [5.41, 5.74) is 1.57. The SMILES string of the molecule is Cc1ccc(C2C(C(=O)c3cccs3)=C(O)C(=O)N2c2ccc(N(C)C)cc2)o1. The normalized spacial score (nSPS) is 16.6. The maximum absolute atomic E-state index is 13.1. The van der Waals surface area contributed by atoms with Crippen molar-refractivity contribution in [1.29, 1.82) is 0 Å². The number of rotatable bonds is 5. The number of carbonyl (C=O) groups excluding carboxylic acids is 2. The lowest BCUT2D eigenvalue weighted by molar-refractivity contribution is -0.117. The van der Waals surface area contributed by atoms with Crippen LogP contribution in [0.2, 0.25) is 0 Å². The van der Waals surface area contributed by atoms with Gasteiger partial charge in [0.15, 0.2) is 5.76 Å². The van der Waals surface area contributed by atoms with Crippen LogP contribution < -0.4 is 9.80 Å². The number of Topliss-reactive ketones (excluding diaryl/α,β-unsaturated/α-hetero) is 1. The lowest BCUT2D eigenvalue weighted by Gasteiger charge is -2.25. The number of hydrogen-bond acceptors (Lipinski definition) is 6. The Bertz CT molecular complexity index is 1090. The van der Waals surface area contributed by atoms with Gasteiger partial charge in [0.25, 0.3) is 5.91 Å². The molecule has 1 aromatic carbocycles. The smallest absolute Gasteiger partial charge is 0.294 e. The van der Waals surface area contributed by atoms with Crippen molar-refractivity contribution in [1.82, 2.24) is 0 Å². The molecule has 0 bridgehead atoms. The van der Waals surface area contributed by atoms with Gasteiger partial charge in [0.1, 0.15) is 17.6 Å². The second-order valence-electron chi connectivity index (χ2n) is 7.01. The minimum absolute atomic E-state index is 0.0310. The van der Waals surface area contributed by atoms with E-state index in [1.807, 2.05) is 31.1 Å². The Hall–Kier alpha value is -3.32. The molecule has 7 heteroatoms. The molecule has 1 unspecified atom stereocenters. The highest BCUT2D eigenvalue weighted by Crippen LogP contribution is 2.43. The second kappa shape index (κ2) is 7.25. The zero-order valence-electron chi connectivity index (χ0n) is 16.2. The molecule has 1 N–H and O–H groups in total. The van der Waals surface area contributed by atoms with E-state index >= 15 is 0 Å². The summed E-state index contributed by atoms with van der Waals surface area (Å²) < 4.78 is 5.78. The molecule has 1 aliphatic heterocycles. The van der Waals surface area contributed by atoms with Gasteiger partial charge in [-0.25, -0.2) is 0 Å². The van der Waals surface area contributed by atoms with Crippen molar-refractivity contribution in [2.24, 2.45) is 0 Å². The van der Waals surface area contributed by atoms with Gasteiger partial charge in [-0.05, 0) is 54.8 Å². The number of benzene rings is 1. The maximum Gasteiger partial charge on any atom is 0.294 e. The van der Waals surface area contributed by atoms with Crippen LogP contribution in [-0.2, 0) is 4.79 Å². The molecule has 148 valence electrons. The average Bonchev–Trinajstić information content (AvgIpc) is 3.43. The van der Waals surface area contributed by atoms with Gasteiger partial charge < -0.3 is 14.4 Å². The molecule has 1 atom stereocenters. The number of nitrogens with zero attached hydrogens (tertiary/aromatic N) is 2. The van der Waals surface area contributed by atoms with Crippen molar-refractivity contribution in [3.63, 3.8) is 0 Å². The molecule has 6 nitrogen and oxygen atoms in total. The molecule has 0 saturated carbocycles. The molecule has 0 aliphatic carbocycles. The average molecular weight is 408 g/mol. The highest BCUT2D eigenvalue weighted by atomic mass is 32.1. The summed E-state index contributed by atoms with van der Waals surface area (Å²) in [6.07, 6.45) is 0. The van der Waals surface area contributed by atoms with Crippen molar-refractivity contribution >= 4 is 34.4 Å². The number of hydrogen-bond donors (Lipinski definition) is 1. The van der Waals surface area contributed by atoms with Crippen LogP contribution in [0.4, 0.5) is 11.4 Å². The van der Waals surface area contributed by atoms with Crippen molar-refractivity contribution < 1.29 is 19.1 Å². The van der Waals surface area contributed by atoms with Crippen LogP contribution in [0.1, 0.15) is 27.2 Å². The Morgan fingerprint density at radius 1 is 1.14 bits per heavy atom. The molecule has 2 aromatic heterocycles. The van der Waals surface area contributed by atoms with Crippen LogP contribution in [-0.4, -0.2) is 30.9 Å². The molecule has 0 spiro atoms. The second-order valence-corrected chi connectivity index (χ2v) is 7.95.